The first kappa shape index (κ1) is 33.3. The lowest BCUT2D eigenvalue weighted by atomic mass is 9.70. The zero-order valence-corrected chi connectivity index (χ0v) is 28.3. The summed E-state index contributed by atoms with van der Waals surface area (Å²) in [6.45, 7) is 4.81. The molecule has 266 valence electrons. The predicted molar refractivity (Wildman–Crippen MR) is 176 cm³/mol. The van der Waals surface area contributed by atoms with Gasteiger partial charge in [-0.3, -0.25) is 14.4 Å². The number of nitrogens with zero attached hydrogens (tertiary/aromatic N) is 7. The summed E-state index contributed by atoms with van der Waals surface area (Å²) in [5.41, 5.74) is 0.341. The lowest BCUT2D eigenvalue weighted by molar-refractivity contribution is -0.137. The minimum atomic E-state index is -4.60. The van der Waals surface area contributed by atoms with Gasteiger partial charge in [0.15, 0.2) is 17.3 Å². The van der Waals surface area contributed by atoms with Crippen LogP contribution in [0.4, 0.5) is 18.9 Å². The lowest BCUT2D eigenvalue weighted by Crippen LogP contribution is -2.48. The van der Waals surface area contributed by atoms with Crippen molar-refractivity contribution in [3.8, 4) is 5.75 Å². The van der Waals surface area contributed by atoms with Gasteiger partial charge in [-0.1, -0.05) is 24.6 Å². The van der Waals surface area contributed by atoms with E-state index in [4.69, 9.17) is 21.3 Å². The third kappa shape index (κ3) is 5.29. The second kappa shape index (κ2) is 11.9. The smallest absolute Gasteiger partial charge is 0.416 e. The van der Waals surface area contributed by atoms with E-state index in [9.17, 15) is 32.7 Å². The SMILES string of the molecule is Cc1ncnc(C(=O)N2CCC3(CC2)c2c(n(CC(=O)Nc4ccc(C(F)(F)F)cc4Cl)c4nc(C5=CCOCC5)nn4c2=O)C2[C@@H]3[C@H]2C)c1O. The van der Waals surface area contributed by atoms with Gasteiger partial charge >= 0.3 is 6.18 Å². The topological polar surface area (TPSA) is 157 Å². The number of carbonyl (C=O) groups is 2. The Bertz CT molecular complexity index is 2230. The van der Waals surface area contributed by atoms with Crippen LogP contribution < -0.4 is 10.9 Å². The number of alkyl halides is 3. The van der Waals surface area contributed by atoms with Gasteiger partial charge in [0.25, 0.3) is 11.5 Å². The molecule has 1 spiro atoms. The number of ether oxygens (including phenoxy) is 1. The maximum Gasteiger partial charge on any atom is 0.416 e. The predicted octanol–water partition coefficient (Wildman–Crippen LogP) is 4.35. The third-order valence-corrected chi connectivity index (χ3v) is 11.2. The van der Waals surface area contributed by atoms with Gasteiger partial charge in [-0.15, -0.1) is 5.10 Å². The van der Waals surface area contributed by atoms with Gasteiger partial charge < -0.3 is 24.6 Å². The summed E-state index contributed by atoms with van der Waals surface area (Å²) in [6, 6.07) is 2.70. The van der Waals surface area contributed by atoms with Crippen LogP contribution >= 0.6 is 11.6 Å². The number of aromatic hydroxyl groups is 1. The first-order valence-electron chi connectivity index (χ1n) is 16.6. The van der Waals surface area contributed by atoms with E-state index in [0.29, 0.717) is 68.3 Å². The van der Waals surface area contributed by atoms with Gasteiger partial charge in [0, 0.05) is 35.7 Å². The monoisotopic (exact) mass is 724 g/mol. The zero-order valence-electron chi connectivity index (χ0n) is 27.5. The first-order valence-corrected chi connectivity index (χ1v) is 17.0. The number of anilines is 1. The molecule has 0 radical (unpaired) electrons. The number of aromatic nitrogens is 6. The molecule has 51 heavy (non-hydrogen) atoms. The van der Waals surface area contributed by atoms with Crippen LogP contribution in [0.3, 0.4) is 0 Å². The van der Waals surface area contributed by atoms with Crippen molar-refractivity contribution in [2.75, 3.05) is 31.6 Å². The quantitative estimate of drug-likeness (QED) is 0.306. The van der Waals surface area contributed by atoms with Crippen LogP contribution in [0.1, 0.15) is 70.9 Å². The van der Waals surface area contributed by atoms with E-state index in [-0.39, 0.29) is 57.8 Å². The molecule has 2 aliphatic heterocycles. The third-order valence-electron chi connectivity index (χ3n) is 10.9. The number of carbonyl (C=O) groups excluding carboxylic acids is 2. The van der Waals surface area contributed by atoms with Gasteiger partial charge in [-0.2, -0.15) is 22.7 Å². The summed E-state index contributed by atoms with van der Waals surface area (Å²) < 4.78 is 48.1. The number of hydrogen-bond donors (Lipinski definition) is 2. The maximum absolute atomic E-state index is 14.5. The zero-order chi connectivity index (χ0) is 36.0. The molecule has 4 aliphatic rings. The summed E-state index contributed by atoms with van der Waals surface area (Å²) in [6.07, 6.45) is -0.0674. The normalized spacial score (nSPS) is 22.1. The molecule has 2 fully saturated rings. The van der Waals surface area contributed by atoms with Gasteiger partial charge in [-0.05, 0) is 61.8 Å². The minimum absolute atomic E-state index is 0.00832. The molecule has 2 aliphatic carbocycles. The van der Waals surface area contributed by atoms with Crippen LogP contribution in [-0.4, -0.2) is 77.3 Å². The number of piperidine rings is 1. The number of benzene rings is 1. The number of nitrogens with one attached hydrogen (secondary N) is 1. The van der Waals surface area contributed by atoms with Crippen molar-refractivity contribution < 1.29 is 32.6 Å². The number of halogens is 4. The molecule has 17 heteroatoms. The summed E-state index contributed by atoms with van der Waals surface area (Å²) >= 11 is 6.16. The van der Waals surface area contributed by atoms with Gasteiger partial charge in [0.2, 0.25) is 11.7 Å². The van der Waals surface area contributed by atoms with Gasteiger partial charge in [0.1, 0.15) is 12.9 Å². The maximum atomic E-state index is 14.5. The Morgan fingerprint density at radius 3 is 2.65 bits per heavy atom. The molecule has 3 atom stereocenters. The van der Waals surface area contributed by atoms with E-state index in [2.05, 4.69) is 27.3 Å². The van der Waals surface area contributed by atoms with E-state index < -0.39 is 29.0 Å². The van der Waals surface area contributed by atoms with Gasteiger partial charge in [0.05, 0.1) is 35.2 Å². The standard InChI is InChI=1S/C34H32ClF3N8O5/c1-16-23-24(16)33(7-9-44(10-8-33)31(50)26-28(48)17(2)39-15-40-26)25-27(23)45(14-22(47)41-21-4-3-19(13-20(21)35)34(36,37)38)32-42-29(43-46(32)30(25)49)18-5-11-51-12-6-18/h3-5,13,15-16,23-24,48H,6-12,14H2,1-2H3,(H,41,47)/t16-,23?,24-/m0/s1. The minimum Gasteiger partial charge on any atom is -0.504 e. The molecular weight excluding hydrogens is 693 g/mol. The van der Waals surface area contributed by atoms with Crippen molar-refractivity contribution in [1.82, 2.24) is 34.0 Å². The van der Waals surface area contributed by atoms with Gasteiger partial charge in [-0.25, -0.2) is 9.97 Å². The van der Waals surface area contributed by atoms with Crippen LogP contribution in [0.5, 0.6) is 5.75 Å². The molecule has 5 heterocycles. The summed E-state index contributed by atoms with van der Waals surface area (Å²) in [4.78, 5) is 56.0. The summed E-state index contributed by atoms with van der Waals surface area (Å²) in [5.74, 6) is -0.606. The number of fused-ring (bicyclic) bond motifs is 6. The number of rotatable bonds is 5. The molecule has 1 saturated carbocycles. The fourth-order valence-corrected chi connectivity index (χ4v) is 8.62. The van der Waals surface area contributed by atoms with Crippen LogP contribution in [0.25, 0.3) is 11.4 Å². The van der Waals surface area contributed by atoms with E-state index in [1.165, 1.54) is 10.8 Å². The first-order chi connectivity index (χ1) is 24.3. The average Bonchev–Trinajstić information content (AvgIpc) is 3.43. The second-order valence-electron chi connectivity index (χ2n) is 13.6. The fourth-order valence-electron chi connectivity index (χ4n) is 8.40. The highest BCUT2D eigenvalue weighted by molar-refractivity contribution is 6.33. The van der Waals surface area contributed by atoms with Crippen molar-refractivity contribution >= 4 is 40.5 Å². The van der Waals surface area contributed by atoms with E-state index in [1.807, 2.05) is 6.08 Å². The molecule has 4 aromatic rings. The van der Waals surface area contributed by atoms with E-state index >= 15 is 0 Å². The summed E-state index contributed by atoms with van der Waals surface area (Å²) in [5, 5.41) is 17.5. The van der Waals surface area contributed by atoms with Crippen molar-refractivity contribution in [2.24, 2.45) is 11.8 Å². The molecular formula is C34H32ClF3N8O5. The Kier molecular flexibility index (Phi) is 7.75. The van der Waals surface area contributed by atoms with Crippen molar-refractivity contribution in [2.45, 2.75) is 57.2 Å². The van der Waals surface area contributed by atoms with Crippen LogP contribution in [0, 0.1) is 18.8 Å². The van der Waals surface area contributed by atoms with Crippen molar-refractivity contribution in [3.63, 3.8) is 0 Å². The fraction of sp³-hybridized carbons (Fsp3) is 0.441. The number of amides is 2. The number of hydrogen-bond acceptors (Lipinski definition) is 9. The largest absolute Gasteiger partial charge is 0.504 e. The Morgan fingerprint density at radius 1 is 1.20 bits per heavy atom. The number of aryl methyl sites for hydroxylation is 1. The molecule has 8 rings (SSSR count). The molecule has 2 N–H and O–H groups in total. The Hall–Kier alpha value is -4.83. The second-order valence-corrected chi connectivity index (χ2v) is 14.0. The van der Waals surface area contributed by atoms with Crippen LogP contribution in [-0.2, 0) is 27.7 Å². The molecule has 0 bridgehead atoms. The van der Waals surface area contributed by atoms with Crippen LogP contribution in [0.2, 0.25) is 5.02 Å². The Balaban J connectivity index is 1.18. The highest BCUT2D eigenvalue weighted by Crippen LogP contribution is 2.71. The molecule has 3 aromatic heterocycles. The Labute approximate surface area is 293 Å². The van der Waals surface area contributed by atoms with E-state index in [1.54, 1.807) is 16.4 Å². The molecule has 1 aromatic carbocycles. The molecule has 13 nitrogen and oxygen atoms in total. The lowest BCUT2D eigenvalue weighted by Gasteiger charge is -2.41. The molecule has 1 saturated heterocycles. The van der Waals surface area contributed by atoms with Crippen molar-refractivity contribution in [3.05, 3.63) is 80.0 Å². The van der Waals surface area contributed by atoms with E-state index in [0.717, 1.165) is 23.8 Å². The highest BCUT2D eigenvalue weighted by Gasteiger charge is 2.68. The van der Waals surface area contributed by atoms with Crippen LogP contribution in [0.15, 0.2) is 35.4 Å². The highest BCUT2D eigenvalue weighted by atomic mass is 35.5. The average molecular weight is 725 g/mol. The molecule has 2 amide bonds. The Morgan fingerprint density at radius 2 is 1.96 bits per heavy atom. The molecule has 1 unspecified atom stereocenters. The van der Waals surface area contributed by atoms with Crippen molar-refractivity contribution in [1.29, 1.82) is 0 Å². The summed E-state index contributed by atoms with van der Waals surface area (Å²) in [7, 11) is 0. The number of likely N-dealkylation sites (tertiary alicyclic amines) is 1.